The first-order valence-corrected chi connectivity index (χ1v) is 7.94. The summed E-state index contributed by atoms with van der Waals surface area (Å²) in [6.07, 6.45) is 3.93. The number of benzene rings is 1. The molecule has 0 saturated heterocycles. The molecular weight excluding hydrogens is 286 g/mol. The molecule has 23 heavy (non-hydrogen) atoms. The highest BCUT2D eigenvalue weighted by Gasteiger charge is 2.60. The minimum absolute atomic E-state index is 0.0729. The zero-order valence-electron chi connectivity index (χ0n) is 13.9. The zero-order chi connectivity index (χ0) is 16.4. The normalized spacial score (nSPS) is 19.5. The maximum atomic E-state index is 12.3. The van der Waals surface area contributed by atoms with Crippen LogP contribution in [0.1, 0.15) is 33.3 Å². The summed E-state index contributed by atoms with van der Waals surface area (Å²) in [4.78, 5) is 15.6. The molecule has 1 aliphatic carbocycles. The second-order valence-corrected chi connectivity index (χ2v) is 7.43. The van der Waals surface area contributed by atoms with Crippen molar-refractivity contribution in [3.05, 3.63) is 56.9 Å². The van der Waals surface area contributed by atoms with E-state index in [-0.39, 0.29) is 16.4 Å². The standard InChI is InChI=1S/C19H21N3O/c1-18(2)16(19(18,3)4)15-13(17(23)22-21-15)9-11-10-20-14-8-6-5-7-12(11)14/h5-10,20-21H,1-4H3,(H,22,23). The number of H-pyrrole nitrogens is 3. The lowest BCUT2D eigenvalue weighted by Crippen LogP contribution is -2.34. The maximum absolute atomic E-state index is 12.3. The Morgan fingerprint density at radius 2 is 1.70 bits per heavy atom. The number of rotatable bonds is 1. The average molecular weight is 307 g/mol. The number of nitrogens with one attached hydrogen (secondary N) is 3. The molecule has 3 aromatic rings. The third-order valence-corrected chi connectivity index (χ3v) is 5.74. The van der Waals surface area contributed by atoms with Gasteiger partial charge in [0.2, 0.25) is 0 Å². The molecule has 0 bridgehead atoms. The van der Waals surface area contributed by atoms with Crippen molar-refractivity contribution in [2.24, 2.45) is 10.8 Å². The van der Waals surface area contributed by atoms with Gasteiger partial charge in [-0.05, 0) is 28.5 Å². The van der Waals surface area contributed by atoms with Crippen molar-refractivity contribution in [3.8, 4) is 0 Å². The Hall–Kier alpha value is -2.49. The molecule has 118 valence electrons. The van der Waals surface area contributed by atoms with Crippen LogP contribution in [0.15, 0.2) is 35.3 Å². The zero-order valence-corrected chi connectivity index (χ0v) is 13.9. The van der Waals surface area contributed by atoms with E-state index in [1.807, 2.05) is 30.5 Å². The van der Waals surface area contributed by atoms with Crippen molar-refractivity contribution in [2.75, 3.05) is 0 Å². The number of hydrogen-bond donors (Lipinski definition) is 3. The Kier molecular flexibility index (Phi) is 2.63. The largest absolute Gasteiger partial charge is 0.361 e. The molecule has 0 atom stereocenters. The van der Waals surface area contributed by atoms with E-state index >= 15 is 0 Å². The van der Waals surface area contributed by atoms with Crippen LogP contribution < -0.4 is 16.1 Å². The van der Waals surface area contributed by atoms with E-state index in [1.54, 1.807) is 0 Å². The highest BCUT2D eigenvalue weighted by Crippen LogP contribution is 2.68. The summed E-state index contributed by atoms with van der Waals surface area (Å²) >= 11 is 0. The van der Waals surface area contributed by atoms with E-state index in [4.69, 9.17) is 0 Å². The molecule has 1 aromatic carbocycles. The van der Waals surface area contributed by atoms with Crippen LogP contribution in [0.25, 0.3) is 22.6 Å². The lowest BCUT2D eigenvalue weighted by Gasteiger charge is -2.02. The Morgan fingerprint density at radius 1 is 1.00 bits per heavy atom. The first-order chi connectivity index (χ1) is 10.8. The second kappa shape index (κ2) is 4.28. The van der Waals surface area contributed by atoms with Crippen LogP contribution in [0.3, 0.4) is 0 Å². The first kappa shape index (κ1) is 14.1. The molecule has 4 nitrogen and oxygen atoms in total. The molecule has 1 saturated carbocycles. The predicted molar refractivity (Wildman–Crippen MR) is 93.5 cm³/mol. The summed E-state index contributed by atoms with van der Waals surface area (Å²) in [5.41, 5.74) is 3.53. The summed E-state index contributed by atoms with van der Waals surface area (Å²) < 4.78 is 0. The van der Waals surface area contributed by atoms with E-state index < -0.39 is 0 Å². The number of fused-ring (bicyclic) bond motifs is 1. The van der Waals surface area contributed by atoms with Gasteiger partial charge < -0.3 is 4.98 Å². The minimum atomic E-state index is -0.0729. The molecule has 1 fully saturated rings. The van der Waals surface area contributed by atoms with Crippen LogP contribution in [0, 0.1) is 10.8 Å². The van der Waals surface area contributed by atoms with E-state index in [1.165, 1.54) is 5.57 Å². The van der Waals surface area contributed by atoms with Gasteiger partial charge in [0.15, 0.2) is 0 Å². The molecule has 1 aliphatic rings. The molecule has 0 amide bonds. The summed E-state index contributed by atoms with van der Waals surface area (Å²) in [5.74, 6) is 0. The summed E-state index contributed by atoms with van der Waals surface area (Å²) in [6, 6.07) is 8.12. The minimum Gasteiger partial charge on any atom is -0.361 e. The van der Waals surface area contributed by atoms with Crippen molar-refractivity contribution in [1.29, 1.82) is 0 Å². The Balaban J connectivity index is 2.05. The van der Waals surface area contributed by atoms with Crippen molar-refractivity contribution in [3.63, 3.8) is 0 Å². The van der Waals surface area contributed by atoms with Gasteiger partial charge in [0, 0.05) is 22.7 Å². The van der Waals surface area contributed by atoms with Crippen LogP contribution in [0.5, 0.6) is 0 Å². The van der Waals surface area contributed by atoms with E-state index in [0.29, 0.717) is 5.22 Å². The molecule has 4 rings (SSSR count). The van der Waals surface area contributed by atoms with E-state index in [9.17, 15) is 4.79 Å². The number of para-hydroxylation sites is 1. The fourth-order valence-electron chi connectivity index (χ4n) is 3.73. The van der Waals surface area contributed by atoms with E-state index in [0.717, 1.165) is 21.8 Å². The molecular formula is C19H21N3O. The molecule has 4 heteroatoms. The third-order valence-electron chi connectivity index (χ3n) is 5.74. The Bertz CT molecular complexity index is 1070. The second-order valence-electron chi connectivity index (χ2n) is 7.43. The van der Waals surface area contributed by atoms with Gasteiger partial charge in [-0.25, -0.2) is 0 Å². The quantitative estimate of drug-likeness (QED) is 0.634. The Morgan fingerprint density at radius 3 is 2.39 bits per heavy atom. The molecule has 0 aliphatic heterocycles. The third kappa shape index (κ3) is 1.81. The summed E-state index contributed by atoms with van der Waals surface area (Å²) in [5, 5.41) is 8.62. The van der Waals surface area contributed by atoms with Crippen LogP contribution >= 0.6 is 0 Å². The van der Waals surface area contributed by atoms with Crippen LogP contribution in [-0.4, -0.2) is 15.2 Å². The number of aromatic nitrogens is 3. The van der Waals surface area contributed by atoms with Gasteiger partial charge in [-0.2, -0.15) is 0 Å². The molecule has 2 aromatic heterocycles. The molecule has 0 unspecified atom stereocenters. The van der Waals surface area contributed by atoms with Crippen LogP contribution in [-0.2, 0) is 0 Å². The van der Waals surface area contributed by atoms with E-state index in [2.05, 4.69) is 48.9 Å². The first-order valence-electron chi connectivity index (χ1n) is 7.94. The molecule has 0 spiro atoms. The van der Waals surface area contributed by atoms with Gasteiger partial charge in [-0.3, -0.25) is 15.0 Å². The number of aromatic amines is 3. The van der Waals surface area contributed by atoms with Gasteiger partial charge in [0.1, 0.15) is 0 Å². The highest BCUT2D eigenvalue weighted by atomic mass is 16.1. The van der Waals surface area contributed by atoms with Crippen molar-refractivity contribution in [1.82, 2.24) is 15.2 Å². The molecule has 2 heterocycles. The average Bonchev–Trinajstić information content (AvgIpc) is 2.88. The summed E-state index contributed by atoms with van der Waals surface area (Å²) in [6.45, 7) is 8.90. The van der Waals surface area contributed by atoms with Crippen molar-refractivity contribution in [2.45, 2.75) is 27.7 Å². The predicted octanol–water partition coefficient (Wildman–Crippen LogP) is 2.23. The van der Waals surface area contributed by atoms with Crippen molar-refractivity contribution >= 4 is 22.6 Å². The lowest BCUT2D eigenvalue weighted by atomic mass is 10.0. The SMILES string of the molecule is CC1(C)C(=c2[nH][nH]c(=O)c2=Cc2c[nH]c3ccccc23)C1(C)C. The van der Waals surface area contributed by atoms with Crippen LogP contribution in [0.2, 0.25) is 0 Å². The lowest BCUT2D eigenvalue weighted by molar-refractivity contribution is 0.457. The fourth-order valence-corrected chi connectivity index (χ4v) is 3.73. The van der Waals surface area contributed by atoms with Crippen molar-refractivity contribution < 1.29 is 0 Å². The van der Waals surface area contributed by atoms with Gasteiger partial charge >= 0.3 is 0 Å². The topological polar surface area (TPSA) is 64.4 Å². The summed E-state index contributed by atoms with van der Waals surface area (Å²) in [7, 11) is 0. The smallest absolute Gasteiger partial charge is 0.271 e. The van der Waals surface area contributed by atoms with Gasteiger partial charge in [0.25, 0.3) is 5.56 Å². The van der Waals surface area contributed by atoms with Gasteiger partial charge in [-0.15, -0.1) is 0 Å². The van der Waals surface area contributed by atoms with Gasteiger partial charge in [0.05, 0.1) is 10.6 Å². The molecule has 0 radical (unpaired) electrons. The Labute approximate surface area is 133 Å². The number of hydrogen-bond acceptors (Lipinski definition) is 1. The monoisotopic (exact) mass is 307 g/mol. The van der Waals surface area contributed by atoms with Crippen LogP contribution in [0.4, 0.5) is 0 Å². The maximum Gasteiger partial charge on any atom is 0.271 e. The van der Waals surface area contributed by atoms with Gasteiger partial charge in [-0.1, -0.05) is 45.9 Å². The molecule has 3 N–H and O–H groups in total. The fraction of sp³-hybridized carbons (Fsp3) is 0.316. The highest BCUT2D eigenvalue weighted by molar-refractivity contribution is 5.88.